The molecule has 0 N–H and O–H groups in total. The highest BCUT2D eigenvalue weighted by Crippen LogP contribution is 2.35. The lowest BCUT2D eigenvalue weighted by atomic mass is 9.85. The first-order chi connectivity index (χ1) is 9.43. The van der Waals surface area contributed by atoms with E-state index in [1.54, 1.807) is 4.90 Å². The second-order valence-corrected chi connectivity index (χ2v) is 5.47. The molecule has 2 fully saturated rings. The predicted octanol–water partition coefficient (Wildman–Crippen LogP) is 0.881. The minimum atomic E-state index is -0.554. The molecule has 2 aliphatic rings. The van der Waals surface area contributed by atoms with E-state index in [0.717, 1.165) is 6.42 Å². The highest BCUT2D eigenvalue weighted by Gasteiger charge is 2.50. The number of fused-ring (bicyclic) bond motifs is 1. The fourth-order valence-corrected chi connectivity index (χ4v) is 3.23. The van der Waals surface area contributed by atoms with Gasteiger partial charge in [0.25, 0.3) is 0 Å². The van der Waals surface area contributed by atoms with Gasteiger partial charge in [-0.2, -0.15) is 0 Å². The Bertz CT molecular complexity index is 422. The van der Waals surface area contributed by atoms with Crippen molar-refractivity contribution in [3.63, 3.8) is 0 Å². The highest BCUT2D eigenvalue weighted by molar-refractivity contribution is 5.79. The Labute approximate surface area is 118 Å². The van der Waals surface area contributed by atoms with Gasteiger partial charge in [0.2, 0.25) is 5.91 Å². The van der Waals surface area contributed by atoms with E-state index in [4.69, 9.17) is 9.47 Å². The van der Waals surface area contributed by atoms with Crippen molar-refractivity contribution in [1.82, 2.24) is 4.90 Å². The van der Waals surface area contributed by atoms with Crippen LogP contribution in [0.15, 0.2) is 0 Å². The van der Waals surface area contributed by atoms with Gasteiger partial charge in [-0.05, 0) is 12.8 Å². The molecular weight excluding hydrogens is 262 g/mol. The molecule has 4 atom stereocenters. The topological polar surface area (TPSA) is 72.9 Å². The summed E-state index contributed by atoms with van der Waals surface area (Å²) in [6.45, 7) is 5.23. The zero-order chi connectivity index (χ0) is 14.9. The molecule has 0 saturated carbocycles. The summed E-state index contributed by atoms with van der Waals surface area (Å²) in [6.07, 6.45) is 0.846. The van der Waals surface area contributed by atoms with Crippen LogP contribution in [0.4, 0.5) is 0 Å². The molecule has 0 radical (unpaired) electrons. The number of esters is 2. The van der Waals surface area contributed by atoms with Crippen LogP contribution in [0.2, 0.25) is 0 Å². The summed E-state index contributed by atoms with van der Waals surface area (Å²) in [4.78, 5) is 36.3. The van der Waals surface area contributed by atoms with E-state index in [0.29, 0.717) is 19.4 Å². The molecular formula is C14H21NO5. The van der Waals surface area contributed by atoms with Crippen molar-refractivity contribution in [3.8, 4) is 0 Å². The van der Waals surface area contributed by atoms with Crippen LogP contribution in [0.3, 0.4) is 0 Å². The largest absolute Gasteiger partial charge is 0.458 e. The number of nitrogens with zero attached hydrogens (tertiary/aromatic N) is 1. The molecule has 2 heterocycles. The summed E-state index contributed by atoms with van der Waals surface area (Å²) < 4.78 is 10.8. The van der Waals surface area contributed by atoms with Gasteiger partial charge < -0.3 is 14.4 Å². The van der Waals surface area contributed by atoms with Crippen molar-refractivity contribution in [3.05, 3.63) is 0 Å². The van der Waals surface area contributed by atoms with Gasteiger partial charge in [0, 0.05) is 32.7 Å². The first kappa shape index (κ1) is 14.8. The van der Waals surface area contributed by atoms with E-state index in [9.17, 15) is 14.4 Å². The van der Waals surface area contributed by atoms with Gasteiger partial charge in [-0.1, -0.05) is 6.92 Å². The van der Waals surface area contributed by atoms with Crippen LogP contribution in [0, 0.1) is 5.92 Å². The monoisotopic (exact) mass is 283 g/mol. The molecule has 1 amide bonds. The second kappa shape index (κ2) is 5.81. The Morgan fingerprint density at radius 2 is 1.80 bits per heavy atom. The predicted molar refractivity (Wildman–Crippen MR) is 69.6 cm³/mol. The number of amides is 1. The molecule has 0 aromatic carbocycles. The van der Waals surface area contributed by atoms with E-state index in [1.807, 2.05) is 6.92 Å². The van der Waals surface area contributed by atoms with Crippen LogP contribution in [0.5, 0.6) is 0 Å². The third-order valence-corrected chi connectivity index (χ3v) is 4.10. The lowest BCUT2D eigenvalue weighted by molar-refractivity contribution is -0.186. The van der Waals surface area contributed by atoms with E-state index in [-0.39, 0.29) is 23.8 Å². The highest BCUT2D eigenvalue weighted by atomic mass is 16.6. The molecule has 6 heteroatoms. The van der Waals surface area contributed by atoms with Crippen LogP contribution in [0.1, 0.15) is 40.0 Å². The van der Waals surface area contributed by atoms with Gasteiger partial charge in [-0.3, -0.25) is 14.4 Å². The molecule has 112 valence electrons. The van der Waals surface area contributed by atoms with Crippen LogP contribution in [-0.4, -0.2) is 47.5 Å². The van der Waals surface area contributed by atoms with Crippen molar-refractivity contribution in [2.24, 2.45) is 5.92 Å². The molecule has 0 aromatic rings. The fourth-order valence-electron chi connectivity index (χ4n) is 3.23. The van der Waals surface area contributed by atoms with E-state index in [2.05, 4.69) is 0 Å². The maximum atomic E-state index is 11.9. The van der Waals surface area contributed by atoms with Crippen molar-refractivity contribution < 1.29 is 23.9 Å². The van der Waals surface area contributed by atoms with Crippen LogP contribution < -0.4 is 0 Å². The average molecular weight is 283 g/mol. The smallest absolute Gasteiger partial charge is 0.303 e. The Hall–Kier alpha value is -1.59. The standard InChI is InChI=1S/C14H21NO5/c1-4-10-7-15-11(5-6-12(15)18)14(20-9(3)17)13(10)19-8(2)16/h10-11,13-14H,4-7H2,1-3H3/t10-,11-,13-,14-/m0/s1. The van der Waals surface area contributed by atoms with Crippen LogP contribution >= 0.6 is 0 Å². The summed E-state index contributed by atoms with van der Waals surface area (Å²) in [5.41, 5.74) is 0. The number of rotatable bonds is 3. The Morgan fingerprint density at radius 1 is 1.20 bits per heavy atom. The van der Waals surface area contributed by atoms with E-state index in [1.165, 1.54) is 13.8 Å². The van der Waals surface area contributed by atoms with Crippen molar-refractivity contribution in [2.75, 3.05) is 6.54 Å². The molecule has 2 saturated heterocycles. The van der Waals surface area contributed by atoms with Crippen molar-refractivity contribution in [2.45, 2.75) is 58.3 Å². The molecule has 6 nitrogen and oxygen atoms in total. The van der Waals surface area contributed by atoms with Crippen molar-refractivity contribution in [1.29, 1.82) is 0 Å². The molecule has 0 aromatic heterocycles. The summed E-state index contributed by atoms with van der Waals surface area (Å²) in [7, 11) is 0. The fraction of sp³-hybridized carbons (Fsp3) is 0.786. The number of ether oxygens (including phenoxy) is 2. The van der Waals surface area contributed by atoms with Crippen molar-refractivity contribution >= 4 is 17.8 Å². The zero-order valence-corrected chi connectivity index (χ0v) is 12.1. The molecule has 0 aliphatic carbocycles. The summed E-state index contributed by atoms with van der Waals surface area (Å²) in [5.74, 6) is -0.708. The van der Waals surface area contributed by atoms with Gasteiger partial charge >= 0.3 is 11.9 Å². The number of carbonyl (C=O) groups excluding carboxylic acids is 3. The minimum absolute atomic E-state index is 0.00144. The lowest BCUT2D eigenvalue weighted by Crippen LogP contribution is -2.59. The maximum Gasteiger partial charge on any atom is 0.303 e. The van der Waals surface area contributed by atoms with Gasteiger partial charge in [0.05, 0.1) is 6.04 Å². The summed E-state index contributed by atoms with van der Waals surface area (Å²) in [5, 5.41) is 0. The number of hydrogen-bond acceptors (Lipinski definition) is 5. The normalized spacial score (nSPS) is 32.8. The zero-order valence-electron chi connectivity index (χ0n) is 12.1. The Morgan fingerprint density at radius 3 is 2.35 bits per heavy atom. The summed E-state index contributed by atoms with van der Waals surface area (Å²) in [6, 6.07) is -0.168. The molecule has 0 unspecified atom stereocenters. The number of piperidine rings is 1. The van der Waals surface area contributed by atoms with Gasteiger partial charge in [0.1, 0.15) is 6.10 Å². The SMILES string of the molecule is CC[C@H]1CN2C(=O)CC[C@H]2[C@H](OC(C)=O)[C@H]1OC(C)=O. The van der Waals surface area contributed by atoms with E-state index >= 15 is 0 Å². The first-order valence-corrected chi connectivity index (χ1v) is 7.08. The third kappa shape index (κ3) is 2.78. The Balaban J connectivity index is 2.27. The quantitative estimate of drug-likeness (QED) is 0.719. The molecule has 20 heavy (non-hydrogen) atoms. The van der Waals surface area contributed by atoms with Gasteiger partial charge in [0.15, 0.2) is 6.10 Å². The van der Waals surface area contributed by atoms with Gasteiger partial charge in [-0.25, -0.2) is 0 Å². The average Bonchev–Trinajstić information content (AvgIpc) is 2.72. The van der Waals surface area contributed by atoms with Crippen LogP contribution in [0.25, 0.3) is 0 Å². The van der Waals surface area contributed by atoms with E-state index < -0.39 is 18.2 Å². The number of hydrogen-bond donors (Lipinski definition) is 0. The summed E-state index contributed by atoms with van der Waals surface area (Å²) >= 11 is 0. The molecule has 2 rings (SSSR count). The minimum Gasteiger partial charge on any atom is -0.458 e. The maximum absolute atomic E-state index is 11.9. The molecule has 0 bridgehead atoms. The van der Waals surface area contributed by atoms with Gasteiger partial charge in [-0.15, -0.1) is 0 Å². The lowest BCUT2D eigenvalue weighted by Gasteiger charge is -2.44. The first-order valence-electron chi connectivity index (χ1n) is 7.08. The van der Waals surface area contributed by atoms with Crippen LogP contribution in [-0.2, 0) is 23.9 Å². The second-order valence-electron chi connectivity index (χ2n) is 5.47. The molecule has 2 aliphatic heterocycles. The molecule has 0 spiro atoms. The third-order valence-electron chi connectivity index (χ3n) is 4.10. The number of carbonyl (C=O) groups is 3. The Kier molecular flexibility index (Phi) is 4.30.